The monoisotopic (exact) mass is 815 g/mol. The molecule has 6 aromatic carbocycles. The van der Waals surface area contributed by atoms with E-state index in [4.69, 9.17) is 4.98 Å². The SMILES string of the molecule is Cc1n[c]([Bi])cc(-c2cc([Si](c3ccccc3)(c3ccccc3)c3cccc(-n4c5ccccc5c5ccccc54)c3)ccc2C)n1. The number of hydrogen-bond donors (Lipinski definition) is 0. The third-order valence-corrected chi connectivity index (χ3v) is 14.9. The van der Waals surface area contributed by atoms with Crippen LogP contribution in [0.4, 0.5) is 0 Å². The molecule has 0 amide bonds. The summed E-state index contributed by atoms with van der Waals surface area (Å²) in [5.74, 6) is 0.818. The van der Waals surface area contributed by atoms with Crippen LogP contribution >= 0.6 is 0 Å². The van der Waals surface area contributed by atoms with Crippen LogP contribution in [0.15, 0.2) is 158 Å². The van der Waals surface area contributed by atoms with Gasteiger partial charge in [-0.1, -0.05) is 36.4 Å². The van der Waals surface area contributed by atoms with Crippen molar-refractivity contribution in [1.29, 1.82) is 0 Å². The molecule has 0 unspecified atom stereocenters. The summed E-state index contributed by atoms with van der Waals surface area (Å²) >= 11 is 1.11. The zero-order valence-corrected chi connectivity index (χ0v) is 30.8. The van der Waals surface area contributed by atoms with Crippen LogP contribution in [0.2, 0.25) is 0 Å². The Morgan fingerprint density at radius 1 is 0.511 bits per heavy atom. The van der Waals surface area contributed by atoms with Gasteiger partial charge in [-0.25, -0.2) is 0 Å². The number of fused-ring (bicyclic) bond motifs is 3. The van der Waals surface area contributed by atoms with E-state index >= 15 is 0 Å². The van der Waals surface area contributed by atoms with E-state index in [2.05, 4.69) is 174 Å². The summed E-state index contributed by atoms with van der Waals surface area (Å²) < 4.78 is 3.52. The Morgan fingerprint density at radius 2 is 1.06 bits per heavy atom. The zero-order chi connectivity index (χ0) is 32.0. The summed E-state index contributed by atoms with van der Waals surface area (Å²) in [5.41, 5.74) is 6.98. The van der Waals surface area contributed by atoms with Gasteiger partial charge in [0, 0.05) is 10.8 Å². The van der Waals surface area contributed by atoms with Crippen LogP contribution < -0.4 is 24.1 Å². The van der Waals surface area contributed by atoms with Gasteiger partial charge in [-0.3, -0.25) is 0 Å². The molecule has 0 saturated carbocycles. The fourth-order valence-corrected chi connectivity index (χ4v) is 13.1. The third kappa shape index (κ3) is 5.06. The van der Waals surface area contributed by atoms with Crippen molar-refractivity contribution in [2.45, 2.75) is 13.8 Å². The molecule has 0 fully saturated rings. The molecule has 0 saturated heterocycles. The number of rotatable bonds is 6. The molecule has 8 aromatic rings. The van der Waals surface area contributed by atoms with E-state index in [1.54, 1.807) is 0 Å². The van der Waals surface area contributed by atoms with E-state index in [0.717, 1.165) is 39.6 Å². The van der Waals surface area contributed by atoms with Gasteiger partial charge in [-0.05, 0) is 12.1 Å². The zero-order valence-electron chi connectivity index (χ0n) is 26.3. The van der Waals surface area contributed by atoms with Crippen LogP contribution in [0.5, 0.6) is 0 Å². The molecule has 0 aliphatic rings. The average Bonchev–Trinajstić information content (AvgIpc) is 3.44. The van der Waals surface area contributed by atoms with Crippen LogP contribution in [0.3, 0.4) is 0 Å². The Labute approximate surface area is 291 Å². The summed E-state index contributed by atoms with van der Waals surface area (Å²) in [5, 5.41) is 7.90. The van der Waals surface area contributed by atoms with E-state index < -0.39 is 8.07 Å². The summed E-state index contributed by atoms with van der Waals surface area (Å²) in [6, 6.07) is 58.4. The van der Waals surface area contributed by atoms with Crippen LogP contribution in [0.25, 0.3) is 38.8 Å². The van der Waals surface area contributed by atoms with E-state index in [1.165, 1.54) is 59.4 Å². The van der Waals surface area contributed by atoms with E-state index in [9.17, 15) is 0 Å². The maximum absolute atomic E-state index is 4.93. The molecular weight excluding hydrogens is 784 g/mol. The number of aryl methyl sites for hydroxylation is 2. The number of nitrogens with zero attached hydrogens (tertiary/aromatic N) is 3. The van der Waals surface area contributed by atoms with Gasteiger partial charge in [0.15, 0.2) is 0 Å². The second-order valence-electron chi connectivity index (χ2n) is 12.1. The number of hydrogen-bond acceptors (Lipinski definition) is 2. The fourth-order valence-electron chi connectivity index (χ4n) is 7.28. The van der Waals surface area contributed by atoms with Gasteiger partial charge >= 0.3 is 234 Å². The molecule has 0 spiro atoms. The maximum atomic E-state index is 4.93. The van der Waals surface area contributed by atoms with Gasteiger partial charge in [0.25, 0.3) is 0 Å². The van der Waals surface area contributed by atoms with Crippen LogP contribution in [0.1, 0.15) is 11.4 Å². The van der Waals surface area contributed by atoms with Crippen molar-refractivity contribution in [1.82, 2.24) is 14.5 Å². The molecule has 8 rings (SSSR count). The van der Waals surface area contributed by atoms with Crippen molar-refractivity contribution in [3.63, 3.8) is 0 Å². The van der Waals surface area contributed by atoms with Crippen molar-refractivity contribution < 1.29 is 0 Å². The molecule has 0 bridgehead atoms. The minimum absolute atomic E-state index is 0.818. The van der Waals surface area contributed by atoms with Crippen molar-refractivity contribution in [3.05, 3.63) is 169 Å². The predicted molar refractivity (Wildman–Crippen MR) is 200 cm³/mol. The molecule has 0 aliphatic heterocycles. The van der Waals surface area contributed by atoms with Gasteiger partial charge in [0.1, 0.15) is 0 Å². The van der Waals surface area contributed by atoms with Gasteiger partial charge < -0.3 is 0 Å². The Hall–Kier alpha value is -4.70. The van der Waals surface area contributed by atoms with Gasteiger partial charge in [0.2, 0.25) is 0 Å². The topological polar surface area (TPSA) is 30.7 Å². The molecule has 47 heavy (non-hydrogen) atoms. The fraction of sp³-hybridized carbons (Fsp3) is 0.0476. The Bertz CT molecular complexity index is 2290. The van der Waals surface area contributed by atoms with Crippen molar-refractivity contribution in [2.75, 3.05) is 0 Å². The van der Waals surface area contributed by atoms with E-state index in [0.29, 0.717) is 0 Å². The van der Waals surface area contributed by atoms with Gasteiger partial charge in [0.05, 0.1) is 0 Å². The molecular formula is C42H32BiN3Si. The standard InChI is InChI=1S/C42H32N3Si.Bi/c1-30-24-25-36(29-39(30)40-26-27-43-31(2)44-40)46(33-15-5-3-6-16-33,34-17-7-4-8-18-34)35-19-13-14-32(28-35)45-41-22-11-9-20-37(41)38-21-10-12-23-42(38)45;/h3-26,28-29H,1-2H3;. The predicted octanol–water partition coefficient (Wildman–Crippen LogP) is 6.03. The molecule has 2 radical (unpaired) electrons. The normalized spacial score (nSPS) is 11.7. The van der Waals surface area contributed by atoms with Crippen LogP contribution in [0, 0.1) is 13.8 Å². The molecule has 0 N–H and O–H groups in total. The Kier molecular flexibility index (Phi) is 7.67. The van der Waals surface area contributed by atoms with Gasteiger partial charge in [-0.2, -0.15) is 0 Å². The molecule has 224 valence electrons. The van der Waals surface area contributed by atoms with Crippen molar-refractivity contribution >= 4 is 78.7 Å². The molecule has 0 atom stereocenters. The summed E-state index contributed by atoms with van der Waals surface area (Å²) in [4.78, 5) is 9.56. The van der Waals surface area contributed by atoms with Crippen molar-refractivity contribution in [3.8, 4) is 16.9 Å². The van der Waals surface area contributed by atoms with Gasteiger partial charge in [-0.15, -0.1) is 0 Å². The first-order valence-corrected chi connectivity index (χ1v) is 19.6. The van der Waals surface area contributed by atoms with Crippen LogP contribution in [-0.4, -0.2) is 47.3 Å². The van der Waals surface area contributed by atoms with Crippen molar-refractivity contribution in [2.24, 2.45) is 0 Å². The van der Waals surface area contributed by atoms with E-state index in [1.807, 2.05) is 6.92 Å². The Morgan fingerprint density at radius 3 is 1.68 bits per heavy atom. The number of aromatic nitrogens is 3. The summed E-state index contributed by atoms with van der Waals surface area (Å²) in [6.07, 6.45) is 0. The molecule has 5 heteroatoms. The molecule has 3 nitrogen and oxygen atoms in total. The first-order valence-electron chi connectivity index (χ1n) is 15.9. The first-order chi connectivity index (χ1) is 23.0. The summed E-state index contributed by atoms with van der Waals surface area (Å²) in [6.45, 7) is 4.19. The Balaban J connectivity index is 1.46. The third-order valence-electron chi connectivity index (χ3n) is 9.30. The van der Waals surface area contributed by atoms with E-state index in [-0.39, 0.29) is 0 Å². The quantitative estimate of drug-likeness (QED) is 0.152. The molecule has 2 heterocycles. The second kappa shape index (κ2) is 12.2. The first kappa shape index (κ1) is 29.7. The van der Waals surface area contributed by atoms with Crippen LogP contribution in [-0.2, 0) is 0 Å². The average molecular weight is 816 g/mol. The molecule has 2 aromatic heterocycles. The number of benzene rings is 6. The molecule has 0 aliphatic carbocycles. The minimum atomic E-state index is -2.84. The summed E-state index contributed by atoms with van der Waals surface area (Å²) in [7, 11) is -2.84. The second-order valence-corrected chi connectivity index (χ2v) is 17.7. The number of para-hydroxylation sites is 2.